The molecule has 0 spiro atoms. The van der Waals surface area contributed by atoms with E-state index in [1.54, 1.807) is 6.20 Å². The number of hydrogen-bond donors (Lipinski definition) is 4. The molecule has 1 aliphatic carbocycles. The first-order valence-electron chi connectivity index (χ1n) is 8.02. The van der Waals surface area contributed by atoms with Crippen molar-refractivity contribution in [1.82, 2.24) is 15.5 Å². The lowest BCUT2D eigenvalue weighted by Crippen LogP contribution is -2.40. The molecule has 1 aliphatic rings. The fourth-order valence-electron chi connectivity index (χ4n) is 2.99. The quantitative estimate of drug-likeness (QED) is 0.692. The number of carbonyl (C=O) groups is 2. The number of H-pyrrole nitrogens is 1. The Balaban J connectivity index is 1.49. The van der Waals surface area contributed by atoms with Gasteiger partial charge in [-0.05, 0) is 49.4 Å². The molecular weight excluding hydrogens is 308 g/mol. The SMILES string of the molecule is O=C(Nc1ccc(-c2ccn[nH]2)cc1)NC1CCC(C(=O)O)CC1. The number of aromatic nitrogens is 2. The lowest BCUT2D eigenvalue weighted by atomic mass is 9.86. The summed E-state index contributed by atoms with van der Waals surface area (Å²) >= 11 is 0. The van der Waals surface area contributed by atoms with Gasteiger partial charge in [-0.15, -0.1) is 0 Å². The first-order chi connectivity index (χ1) is 11.6. The van der Waals surface area contributed by atoms with E-state index in [9.17, 15) is 9.59 Å². The third-order valence-corrected chi connectivity index (χ3v) is 4.37. The lowest BCUT2D eigenvalue weighted by Gasteiger charge is -2.26. The Morgan fingerprint density at radius 3 is 2.38 bits per heavy atom. The summed E-state index contributed by atoms with van der Waals surface area (Å²) in [5.41, 5.74) is 2.61. The molecule has 4 N–H and O–H groups in total. The Labute approximate surface area is 139 Å². The highest BCUT2D eigenvalue weighted by Gasteiger charge is 2.26. The summed E-state index contributed by atoms with van der Waals surface area (Å²) in [4.78, 5) is 23.0. The Bertz CT molecular complexity index is 689. The van der Waals surface area contributed by atoms with Gasteiger partial charge in [0.1, 0.15) is 0 Å². The molecule has 7 nitrogen and oxygen atoms in total. The number of benzene rings is 1. The summed E-state index contributed by atoms with van der Waals surface area (Å²) in [6, 6.07) is 9.12. The van der Waals surface area contributed by atoms with Crippen molar-refractivity contribution in [2.45, 2.75) is 31.7 Å². The van der Waals surface area contributed by atoms with Crippen molar-refractivity contribution in [2.75, 3.05) is 5.32 Å². The largest absolute Gasteiger partial charge is 0.481 e. The zero-order valence-electron chi connectivity index (χ0n) is 13.2. The third kappa shape index (κ3) is 3.92. The monoisotopic (exact) mass is 328 g/mol. The number of amides is 2. The van der Waals surface area contributed by atoms with Gasteiger partial charge >= 0.3 is 12.0 Å². The molecule has 1 saturated carbocycles. The highest BCUT2D eigenvalue weighted by Crippen LogP contribution is 2.24. The standard InChI is InChI=1S/C17H20N4O3/c22-16(23)12-3-7-14(8-4-12)20-17(24)19-13-5-1-11(2-6-13)15-9-10-18-21-15/h1-2,5-6,9-10,12,14H,3-4,7-8H2,(H,18,21)(H,22,23)(H2,19,20,24). The van der Waals surface area contributed by atoms with Crippen LogP contribution in [0.1, 0.15) is 25.7 Å². The highest BCUT2D eigenvalue weighted by atomic mass is 16.4. The molecule has 126 valence electrons. The molecule has 3 rings (SSSR count). The van der Waals surface area contributed by atoms with Gasteiger partial charge in [-0.2, -0.15) is 5.10 Å². The molecule has 1 heterocycles. The maximum Gasteiger partial charge on any atom is 0.319 e. The molecule has 0 saturated heterocycles. The minimum absolute atomic E-state index is 0.0323. The van der Waals surface area contributed by atoms with Crippen molar-refractivity contribution < 1.29 is 14.7 Å². The van der Waals surface area contributed by atoms with Crippen LogP contribution in [0, 0.1) is 5.92 Å². The van der Waals surface area contributed by atoms with E-state index in [1.807, 2.05) is 30.3 Å². The Morgan fingerprint density at radius 2 is 1.79 bits per heavy atom. The van der Waals surface area contributed by atoms with Crippen molar-refractivity contribution in [1.29, 1.82) is 0 Å². The number of anilines is 1. The smallest absolute Gasteiger partial charge is 0.319 e. The fourth-order valence-corrected chi connectivity index (χ4v) is 2.99. The van der Waals surface area contributed by atoms with Gasteiger partial charge in [0.2, 0.25) is 0 Å². The number of aliphatic carboxylic acids is 1. The first-order valence-corrected chi connectivity index (χ1v) is 8.02. The molecule has 1 aromatic heterocycles. The molecule has 0 radical (unpaired) electrons. The van der Waals surface area contributed by atoms with E-state index in [0.717, 1.165) is 11.3 Å². The first kappa shape index (κ1) is 16.0. The van der Waals surface area contributed by atoms with Crippen molar-refractivity contribution >= 4 is 17.7 Å². The fraction of sp³-hybridized carbons (Fsp3) is 0.353. The maximum atomic E-state index is 12.1. The zero-order valence-corrected chi connectivity index (χ0v) is 13.2. The van der Waals surface area contributed by atoms with E-state index in [4.69, 9.17) is 5.11 Å². The number of carboxylic acids is 1. The number of hydrogen-bond acceptors (Lipinski definition) is 3. The molecule has 0 aliphatic heterocycles. The van der Waals surface area contributed by atoms with Crippen molar-refractivity contribution in [3.8, 4) is 11.3 Å². The molecule has 1 aromatic carbocycles. The summed E-state index contributed by atoms with van der Waals surface area (Å²) in [6.07, 6.45) is 4.30. The van der Waals surface area contributed by atoms with Gasteiger partial charge < -0.3 is 15.7 Å². The van der Waals surface area contributed by atoms with Crippen LogP contribution in [0.15, 0.2) is 36.5 Å². The highest BCUT2D eigenvalue weighted by molar-refractivity contribution is 5.89. The molecule has 2 amide bonds. The van der Waals surface area contributed by atoms with Crippen LogP contribution in [0.4, 0.5) is 10.5 Å². The number of carbonyl (C=O) groups excluding carboxylic acids is 1. The zero-order chi connectivity index (χ0) is 16.9. The van der Waals surface area contributed by atoms with Gasteiger partial charge in [-0.25, -0.2) is 4.79 Å². The molecule has 2 aromatic rings. The number of nitrogens with one attached hydrogen (secondary N) is 3. The number of urea groups is 1. The van der Waals surface area contributed by atoms with Crippen molar-refractivity contribution in [3.63, 3.8) is 0 Å². The second kappa shape index (κ2) is 7.16. The predicted octanol–water partition coefficient (Wildman–Crippen LogP) is 2.84. The molecule has 0 atom stereocenters. The summed E-state index contributed by atoms with van der Waals surface area (Å²) in [5.74, 6) is -1.02. The van der Waals surface area contributed by atoms with E-state index in [2.05, 4.69) is 20.8 Å². The van der Waals surface area contributed by atoms with Crippen LogP contribution < -0.4 is 10.6 Å². The van der Waals surface area contributed by atoms with Crippen LogP contribution in [0.5, 0.6) is 0 Å². The third-order valence-electron chi connectivity index (χ3n) is 4.37. The van der Waals surface area contributed by atoms with E-state index in [-0.39, 0.29) is 18.0 Å². The van der Waals surface area contributed by atoms with Crippen LogP contribution >= 0.6 is 0 Å². The average Bonchev–Trinajstić information content (AvgIpc) is 3.10. The molecule has 24 heavy (non-hydrogen) atoms. The molecule has 1 fully saturated rings. The van der Waals surface area contributed by atoms with E-state index >= 15 is 0 Å². The van der Waals surface area contributed by atoms with E-state index in [1.165, 1.54) is 0 Å². The summed E-state index contributed by atoms with van der Waals surface area (Å²) in [5, 5.41) is 21.5. The van der Waals surface area contributed by atoms with Gasteiger partial charge in [0, 0.05) is 17.9 Å². The summed E-state index contributed by atoms with van der Waals surface area (Å²) in [7, 11) is 0. The Morgan fingerprint density at radius 1 is 1.08 bits per heavy atom. The minimum Gasteiger partial charge on any atom is -0.481 e. The van der Waals surface area contributed by atoms with Gasteiger partial charge in [-0.3, -0.25) is 9.89 Å². The van der Waals surface area contributed by atoms with Crippen LogP contribution in [-0.4, -0.2) is 33.3 Å². The van der Waals surface area contributed by atoms with Crippen LogP contribution in [-0.2, 0) is 4.79 Å². The van der Waals surface area contributed by atoms with Crippen LogP contribution in [0.2, 0.25) is 0 Å². The minimum atomic E-state index is -0.741. The molecule has 0 unspecified atom stereocenters. The second-order valence-corrected chi connectivity index (χ2v) is 6.03. The maximum absolute atomic E-state index is 12.1. The Hall–Kier alpha value is -2.83. The van der Waals surface area contributed by atoms with Gasteiger partial charge in [0.25, 0.3) is 0 Å². The molecular formula is C17H20N4O3. The normalized spacial score (nSPS) is 20.3. The number of rotatable bonds is 4. The van der Waals surface area contributed by atoms with Crippen LogP contribution in [0.25, 0.3) is 11.3 Å². The van der Waals surface area contributed by atoms with Gasteiger partial charge in [-0.1, -0.05) is 12.1 Å². The lowest BCUT2D eigenvalue weighted by molar-refractivity contribution is -0.142. The second-order valence-electron chi connectivity index (χ2n) is 6.03. The predicted molar refractivity (Wildman–Crippen MR) is 89.6 cm³/mol. The van der Waals surface area contributed by atoms with E-state index < -0.39 is 5.97 Å². The number of nitrogens with zero attached hydrogens (tertiary/aromatic N) is 1. The summed E-state index contributed by atoms with van der Waals surface area (Å²) in [6.45, 7) is 0. The Kier molecular flexibility index (Phi) is 4.79. The van der Waals surface area contributed by atoms with Crippen molar-refractivity contribution in [3.05, 3.63) is 36.5 Å². The van der Waals surface area contributed by atoms with Gasteiger partial charge in [0.05, 0.1) is 11.6 Å². The van der Waals surface area contributed by atoms with Crippen LogP contribution in [0.3, 0.4) is 0 Å². The molecule has 0 bridgehead atoms. The number of aromatic amines is 1. The molecule has 7 heteroatoms. The number of carboxylic acid groups (broad SMARTS) is 1. The summed E-state index contributed by atoms with van der Waals surface area (Å²) < 4.78 is 0. The van der Waals surface area contributed by atoms with Crippen molar-refractivity contribution in [2.24, 2.45) is 5.92 Å². The topological polar surface area (TPSA) is 107 Å². The van der Waals surface area contributed by atoms with Gasteiger partial charge in [0.15, 0.2) is 0 Å². The van der Waals surface area contributed by atoms with E-state index in [0.29, 0.717) is 31.4 Å². The average molecular weight is 328 g/mol.